The zero-order valence-electron chi connectivity index (χ0n) is 12.2. The molecular weight excluding hydrogens is 286 g/mol. The van der Waals surface area contributed by atoms with Gasteiger partial charge in [-0.1, -0.05) is 5.16 Å². The molecule has 1 fully saturated rings. The van der Waals surface area contributed by atoms with Crippen LogP contribution in [0.1, 0.15) is 5.89 Å². The normalized spacial score (nSPS) is 18.1. The molecule has 0 radical (unpaired) electrons. The summed E-state index contributed by atoms with van der Waals surface area (Å²) in [4.78, 5) is 22.0. The highest BCUT2D eigenvalue weighted by Gasteiger charge is 2.26. The van der Waals surface area contributed by atoms with Crippen LogP contribution in [0.15, 0.2) is 29.0 Å². The first-order valence-corrected chi connectivity index (χ1v) is 7.04. The van der Waals surface area contributed by atoms with Crippen molar-refractivity contribution in [2.24, 2.45) is 0 Å². The van der Waals surface area contributed by atoms with Gasteiger partial charge in [0.15, 0.2) is 0 Å². The molecule has 22 heavy (non-hydrogen) atoms. The van der Waals surface area contributed by atoms with Gasteiger partial charge in [-0.3, -0.25) is 9.78 Å². The minimum absolute atomic E-state index is 0.101. The molecule has 0 aliphatic carbocycles. The third-order valence-corrected chi connectivity index (χ3v) is 3.36. The Kier molecular flexibility index (Phi) is 4.40. The van der Waals surface area contributed by atoms with Gasteiger partial charge in [0, 0.05) is 38.1 Å². The number of hydrogen-bond donors (Lipinski definition) is 1. The quantitative estimate of drug-likeness (QED) is 0.854. The predicted molar refractivity (Wildman–Crippen MR) is 76.6 cm³/mol. The molecule has 2 aromatic heterocycles. The van der Waals surface area contributed by atoms with E-state index in [4.69, 9.17) is 9.26 Å². The fourth-order valence-electron chi connectivity index (χ4n) is 2.19. The molecule has 1 N–H and O–H groups in total. The smallest absolute Gasteiger partial charge is 0.253 e. The summed E-state index contributed by atoms with van der Waals surface area (Å²) < 4.78 is 10.6. The standard InChI is InChI=1S/C14H17N5O3/c1-19(14(20)11-8-16-6-7-21-11)9-12-17-13(18-22-12)10-2-4-15-5-3-10/h2-5,11,16H,6-9H2,1H3. The number of morpholine rings is 1. The molecule has 8 nitrogen and oxygen atoms in total. The van der Waals surface area contributed by atoms with Crippen LogP contribution in [0.25, 0.3) is 11.4 Å². The summed E-state index contributed by atoms with van der Waals surface area (Å²) >= 11 is 0. The van der Waals surface area contributed by atoms with E-state index >= 15 is 0 Å². The van der Waals surface area contributed by atoms with Gasteiger partial charge in [-0.2, -0.15) is 4.98 Å². The average Bonchev–Trinajstić information content (AvgIpc) is 3.04. The van der Waals surface area contributed by atoms with Gasteiger partial charge in [0.05, 0.1) is 13.2 Å². The summed E-state index contributed by atoms with van der Waals surface area (Å²) in [6.07, 6.45) is 2.87. The number of ether oxygens (including phenoxy) is 1. The van der Waals surface area contributed by atoms with Crippen molar-refractivity contribution in [2.45, 2.75) is 12.6 Å². The van der Waals surface area contributed by atoms with E-state index in [0.717, 1.165) is 12.1 Å². The van der Waals surface area contributed by atoms with Crippen LogP contribution in [0.3, 0.4) is 0 Å². The predicted octanol–water partition coefficient (Wildman–Crippen LogP) is 0.0784. The zero-order valence-corrected chi connectivity index (χ0v) is 12.2. The van der Waals surface area contributed by atoms with Gasteiger partial charge in [0.25, 0.3) is 5.91 Å². The maximum Gasteiger partial charge on any atom is 0.253 e. The summed E-state index contributed by atoms with van der Waals surface area (Å²) in [5.74, 6) is 0.760. The number of nitrogens with one attached hydrogen (secondary N) is 1. The van der Waals surface area contributed by atoms with Crippen molar-refractivity contribution in [3.63, 3.8) is 0 Å². The number of rotatable bonds is 4. The zero-order chi connectivity index (χ0) is 15.4. The number of amides is 1. The van der Waals surface area contributed by atoms with Crippen LogP contribution in [0, 0.1) is 0 Å². The minimum Gasteiger partial charge on any atom is -0.366 e. The summed E-state index contributed by atoms with van der Waals surface area (Å²) in [7, 11) is 1.69. The molecule has 1 saturated heterocycles. The molecular formula is C14H17N5O3. The van der Waals surface area contributed by atoms with E-state index < -0.39 is 6.10 Å². The number of carbonyl (C=O) groups excluding carboxylic acids is 1. The minimum atomic E-state index is -0.457. The van der Waals surface area contributed by atoms with Crippen molar-refractivity contribution < 1.29 is 14.1 Å². The molecule has 1 unspecified atom stereocenters. The second-order valence-corrected chi connectivity index (χ2v) is 5.01. The first kappa shape index (κ1) is 14.6. The molecule has 116 valence electrons. The van der Waals surface area contributed by atoms with Crippen LogP contribution in [-0.2, 0) is 16.1 Å². The van der Waals surface area contributed by atoms with Crippen molar-refractivity contribution in [1.82, 2.24) is 25.3 Å². The lowest BCUT2D eigenvalue weighted by Gasteiger charge is -2.26. The average molecular weight is 303 g/mol. The number of pyridine rings is 1. The Bertz CT molecular complexity index is 624. The number of aromatic nitrogens is 3. The molecule has 1 amide bonds. The largest absolute Gasteiger partial charge is 0.366 e. The fraction of sp³-hybridized carbons (Fsp3) is 0.429. The highest BCUT2D eigenvalue weighted by molar-refractivity contribution is 5.81. The maximum atomic E-state index is 12.2. The maximum absolute atomic E-state index is 12.2. The molecule has 3 heterocycles. The van der Waals surface area contributed by atoms with Crippen LogP contribution in [-0.4, -0.2) is 58.8 Å². The van der Waals surface area contributed by atoms with Crippen molar-refractivity contribution in [3.8, 4) is 11.4 Å². The highest BCUT2D eigenvalue weighted by atomic mass is 16.5. The van der Waals surface area contributed by atoms with Gasteiger partial charge in [-0.05, 0) is 12.1 Å². The summed E-state index contributed by atoms with van der Waals surface area (Å²) in [6.45, 7) is 2.08. The van der Waals surface area contributed by atoms with Gasteiger partial charge < -0.3 is 19.5 Å². The van der Waals surface area contributed by atoms with E-state index in [1.54, 1.807) is 31.6 Å². The van der Waals surface area contributed by atoms with Crippen LogP contribution in [0.5, 0.6) is 0 Å². The van der Waals surface area contributed by atoms with Crippen LogP contribution in [0.4, 0.5) is 0 Å². The van der Waals surface area contributed by atoms with Crippen molar-refractivity contribution in [1.29, 1.82) is 0 Å². The topological polar surface area (TPSA) is 93.4 Å². The fourth-order valence-corrected chi connectivity index (χ4v) is 2.19. The Morgan fingerprint density at radius 1 is 1.45 bits per heavy atom. The first-order chi connectivity index (χ1) is 10.7. The van der Waals surface area contributed by atoms with E-state index in [9.17, 15) is 4.79 Å². The van der Waals surface area contributed by atoms with Gasteiger partial charge in [0.1, 0.15) is 6.10 Å². The molecule has 3 rings (SSSR count). The summed E-state index contributed by atoms with van der Waals surface area (Å²) in [5.41, 5.74) is 0.818. The number of likely N-dealkylation sites (N-methyl/N-ethyl adjacent to an activating group) is 1. The lowest BCUT2D eigenvalue weighted by atomic mass is 10.2. The van der Waals surface area contributed by atoms with Crippen LogP contribution < -0.4 is 5.32 Å². The molecule has 0 spiro atoms. The van der Waals surface area contributed by atoms with Crippen molar-refractivity contribution >= 4 is 5.91 Å². The Balaban J connectivity index is 1.63. The van der Waals surface area contributed by atoms with Crippen LogP contribution in [0.2, 0.25) is 0 Å². The third-order valence-electron chi connectivity index (χ3n) is 3.36. The Morgan fingerprint density at radius 3 is 3.00 bits per heavy atom. The Hall–Kier alpha value is -2.32. The molecule has 1 aliphatic rings. The van der Waals surface area contributed by atoms with E-state index in [2.05, 4.69) is 20.4 Å². The Morgan fingerprint density at radius 2 is 2.27 bits per heavy atom. The first-order valence-electron chi connectivity index (χ1n) is 7.04. The molecule has 0 aromatic carbocycles. The van der Waals surface area contributed by atoms with E-state index in [0.29, 0.717) is 24.9 Å². The van der Waals surface area contributed by atoms with E-state index in [-0.39, 0.29) is 12.5 Å². The molecule has 0 saturated carbocycles. The number of hydrogen-bond acceptors (Lipinski definition) is 7. The molecule has 8 heteroatoms. The molecule has 1 atom stereocenters. The number of nitrogens with zero attached hydrogens (tertiary/aromatic N) is 4. The van der Waals surface area contributed by atoms with Gasteiger partial charge in [-0.15, -0.1) is 0 Å². The van der Waals surface area contributed by atoms with Gasteiger partial charge in [-0.25, -0.2) is 0 Å². The van der Waals surface area contributed by atoms with Crippen molar-refractivity contribution in [2.75, 3.05) is 26.7 Å². The second-order valence-electron chi connectivity index (χ2n) is 5.01. The lowest BCUT2D eigenvalue weighted by Crippen LogP contribution is -2.48. The molecule has 0 bridgehead atoms. The second kappa shape index (κ2) is 6.63. The van der Waals surface area contributed by atoms with Gasteiger partial charge >= 0.3 is 0 Å². The van der Waals surface area contributed by atoms with E-state index in [1.165, 1.54) is 4.90 Å². The SMILES string of the molecule is CN(Cc1nc(-c2ccncc2)no1)C(=O)C1CNCCO1. The molecule has 2 aromatic rings. The van der Waals surface area contributed by atoms with E-state index in [1.807, 2.05) is 0 Å². The number of carbonyl (C=O) groups is 1. The lowest BCUT2D eigenvalue weighted by molar-refractivity contribution is -0.144. The third kappa shape index (κ3) is 3.29. The monoisotopic (exact) mass is 303 g/mol. The van der Waals surface area contributed by atoms with Crippen LogP contribution >= 0.6 is 0 Å². The molecule has 1 aliphatic heterocycles. The summed E-state index contributed by atoms with van der Waals surface area (Å²) in [5, 5.41) is 7.05. The Labute approximate surface area is 127 Å². The highest BCUT2D eigenvalue weighted by Crippen LogP contribution is 2.15. The summed E-state index contributed by atoms with van der Waals surface area (Å²) in [6, 6.07) is 3.59. The van der Waals surface area contributed by atoms with Gasteiger partial charge in [0.2, 0.25) is 11.7 Å². The van der Waals surface area contributed by atoms with Crippen molar-refractivity contribution in [3.05, 3.63) is 30.4 Å².